The minimum absolute atomic E-state index is 0.135. The number of rotatable bonds is 8. The van der Waals surface area contributed by atoms with Gasteiger partial charge in [-0.3, -0.25) is 9.47 Å². The molecule has 2 aliphatic heterocycles. The van der Waals surface area contributed by atoms with Crippen molar-refractivity contribution in [2.24, 2.45) is 5.92 Å². The zero-order valence-corrected chi connectivity index (χ0v) is 22.5. The number of halogens is 3. The van der Waals surface area contributed by atoms with Crippen LogP contribution in [-0.2, 0) is 9.47 Å². The molecule has 1 saturated carbocycles. The van der Waals surface area contributed by atoms with Gasteiger partial charge in [0.05, 0.1) is 43.5 Å². The van der Waals surface area contributed by atoms with Crippen molar-refractivity contribution in [1.29, 1.82) is 0 Å². The van der Waals surface area contributed by atoms with Gasteiger partial charge in [0, 0.05) is 38.3 Å². The van der Waals surface area contributed by atoms with Gasteiger partial charge in [-0.15, -0.1) is 0 Å². The Bertz CT molecular complexity index is 1280. The second kappa shape index (κ2) is 12.3. The van der Waals surface area contributed by atoms with E-state index in [1.54, 1.807) is 24.3 Å². The van der Waals surface area contributed by atoms with Crippen LogP contribution in [-0.4, -0.2) is 95.8 Å². The molecule has 0 bridgehead atoms. The van der Waals surface area contributed by atoms with Gasteiger partial charge in [0.25, 0.3) is 6.43 Å². The molecule has 0 spiro atoms. The monoisotopic (exact) mass is 559 g/mol. The van der Waals surface area contributed by atoms with Crippen LogP contribution in [0.3, 0.4) is 0 Å². The lowest BCUT2D eigenvalue weighted by molar-refractivity contribution is -0.0455. The molecule has 0 amide bonds. The molecule has 4 heterocycles. The Morgan fingerprint density at radius 2 is 1.73 bits per heavy atom. The first-order valence-corrected chi connectivity index (χ1v) is 14.2. The molecule has 3 fully saturated rings. The summed E-state index contributed by atoms with van der Waals surface area (Å²) in [5, 5.41) is 3.48. The average molecular weight is 560 g/mol. The predicted molar refractivity (Wildman–Crippen MR) is 146 cm³/mol. The number of anilines is 2. The fraction of sp³-hybridized carbons (Fsp3) is 0.607. The molecule has 1 aromatic carbocycles. The van der Waals surface area contributed by atoms with Crippen molar-refractivity contribution in [1.82, 2.24) is 24.4 Å². The quantitative estimate of drug-likeness (QED) is 0.439. The molecule has 1 atom stereocenters. The molecule has 2 saturated heterocycles. The maximum atomic E-state index is 14.1. The SMILES string of the molecule is FC[C@@H]1COCCN1[C@H]1CC[C@H](CNc2cc(-n3c(C(F)F)nc4ccccc43)nc(N3CCOCC3)n2)CC1. The lowest BCUT2D eigenvalue weighted by Crippen LogP contribution is -2.52. The van der Waals surface area contributed by atoms with Gasteiger partial charge in [0.15, 0.2) is 5.82 Å². The van der Waals surface area contributed by atoms with E-state index in [0.717, 1.165) is 32.2 Å². The summed E-state index contributed by atoms with van der Waals surface area (Å²) >= 11 is 0. The molecule has 40 heavy (non-hydrogen) atoms. The summed E-state index contributed by atoms with van der Waals surface area (Å²) in [4.78, 5) is 18.0. The summed E-state index contributed by atoms with van der Waals surface area (Å²) in [6.07, 6.45) is 1.35. The Balaban J connectivity index is 1.22. The molecule has 1 N–H and O–H groups in total. The molecular formula is C28H36F3N7O2. The molecule has 1 aliphatic carbocycles. The van der Waals surface area contributed by atoms with Crippen LogP contribution in [0.25, 0.3) is 16.9 Å². The summed E-state index contributed by atoms with van der Waals surface area (Å²) in [7, 11) is 0. The van der Waals surface area contributed by atoms with Gasteiger partial charge in [0.2, 0.25) is 5.95 Å². The van der Waals surface area contributed by atoms with Crippen LogP contribution in [0.15, 0.2) is 30.3 Å². The number of aromatic nitrogens is 4. The average Bonchev–Trinajstić information content (AvgIpc) is 3.41. The van der Waals surface area contributed by atoms with Crippen LogP contribution < -0.4 is 10.2 Å². The van der Waals surface area contributed by atoms with Crippen molar-refractivity contribution in [3.05, 3.63) is 36.2 Å². The molecular weight excluding hydrogens is 523 g/mol. The number of imidazole rings is 1. The zero-order valence-electron chi connectivity index (χ0n) is 22.5. The van der Waals surface area contributed by atoms with Gasteiger partial charge in [0.1, 0.15) is 18.3 Å². The largest absolute Gasteiger partial charge is 0.378 e. The van der Waals surface area contributed by atoms with Crippen molar-refractivity contribution in [3.8, 4) is 5.82 Å². The van der Waals surface area contributed by atoms with E-state index in [0.29, 0.717) is 86.6 Å². The Labute approximate surface area is 231 Å². The number of nitrogens with zero attached hydrogens (tertiary/aromatic N) is 6. The van der Waals surface area contributed by atoms with Gasteiger partial charge in [-0.2, -0.15) is 9.97 Å². The maximum Gasteiger partial charge on any atom is 0.296 e. The number of ether oxygens (including phenoxy) is 2. The fourth-order valence-electron chi connectivity index (χ4n) is 6.17. The van der Waals surface area contributed by atoms with E-state index >= 15 is 0 Å². The van der Waals surface area contributed by atoms with E-state index in [1.807, 2.05) is 11.0 Å². The summed E-state index contributed by atoms with van der Waals surface area (Å²) in [6.45, 7) is 4.64. The van der Waals surface area contributed by atoms with Crippen molar-refractivity contribution >= 4 is 22.8 Å². The Hall–Kier alpha value is -2.96. The number of benzene rings is 1. The van der Waals surface area contributed by atoms with Crippen molar-refractivity contribution in [2.45, 2.75) is 44.2 Å². The lowest BCUT2D eigenvalue weighted by Gasteiger charge is -2.42. The first-order valence-electron chi connectivity index (χ1n) is 14.2. The van der Waals surface area contributed by atoms with Crippen molar-refractivity contribution < 1.29 is 22.6 Å². The van der Waals surface area contributed by atoms with Gasteiger partial charge in [-0.05, 0) is 43.7 Å². The first-order chi connectivity index (χ1) is 19.6. The number of morpholine rings is 2. The topological polar surface area (TPSA) is 80.6 Å². The molecule has 6 rings (SSSR count). The highest BCUT2D eigenvalue weighted by atomic mass is 19.3. The molecule has 3 aromatic rings. The summed E-state index contributed by atoms with van der Waals surface area (Å²) < 4.78 is 54.2. The highest BCUT2D eigenvalue weighted by Gasteiger charge is 2.32. The molecule has 12 heteroatoms. The Kier molecular flexibility index (Phi) is 8.35. The normalized spacial score (nSPS) is 24.6. The van der Waals surface area contributed by atoms with Crippen molar-refractivity contribution in [2.75, 3.05) is 69.5 Å². The van der Waals surface area contributed by atoms with Crippen LogP contribution in [0.2, 0.25) is 0 Å². The minimum Gasteiger partial charge on any atom is -0.378 e. The third-order valence-electron chi connectivity index (χ3n) is 8.31. The third-order valence-corrected chi connectivity index (χ3v) is 8.31. The summed E-state index contributed by atoms with van der Waals surface area (Å²) in [6, 6.07) is 9.08. The smallest absolute Gasteiger partial charge is 0.296 e. The minimum atomic E-state index is -2.76. The highest BCUT2D eigenvalue weighted by molar-refractivity contribution is 5.78. The standard InChI is InChI=1S/C28H36F3N7O2/c29-16-21-18-40-14-11-37(21)20-7-5-19(6-8-20)17-32-24-15-25(35-28(34-24)36-9-12-39-13-10-36)38-23-4-2-1-3-22(23)33-27(38)26(30)31/h1-4,15,19-21,26H,5-14,16-18H2,(H,32,34,35)/t19-,20-,21-/m1/s1. The zero-order chi connectivity index (χ0) is 27.5. The lowest BCUT2D eigenvalue weighted by atomic mass is 9.84. The molecule has 9 nitrogen and oxygen atoms in total. The Morgan fingerprint density at radius 1 is 0.950 bits per heavy atom. The van der Waals surface area contributed by atoms with Crippen LogP contribution >= 0.6 is 0 Å². The second-order valence-corrected chi connectivity index (χ2v) is 10.8. The van der Waals surface area contributed by atoms with Gasteiger partial charge in [-0.1, -0.05) is 12.1 Å². The van der Waals surface area contributed by atoms with E-state index in [2.05, 4.69) is 15.2 Å². The maximum absolute atomic E-state index is 14.1. The number of fused-ring (bicyclic) bond motifs is 1. The summed E-state index contributed by atoms with van der Waals surface area (Å²) in [5.41, 5.74) is 1.06. The predicted octanol–water partition coefficient (Wildman–Crippen LogP) is 4.23. The Morgan fingerprint density at radius 3 is 2.50 bits per heavy atom. The summed E-state index contributed by atoms with van der Waals surface area (Å²) in [5.74, 6) is 1.53. The first kappa shape index (κ1) is 27.2. The molecule has 2 aromatic heterocycles. The van der Waals surface area contributed by atoms with Crippen molar-refractivity contribution in [3.63, 3.8) is 0 Å². The number of para-hydroxylation sites is 2. The highest BCUT2D eigenvalue weighted by Crippen LogP contribution is 2.32. The molecule has 0 unspecified atom stereocenters. The van der Waals surface area contributed by atoms with Gasteiger partial charge in [-0.25, -0.2) is 18.2 Å². The number of alkyl halides is 3. The van der Waals surface area contributed by atoms with E-state index < -0.39 is 6.43 Å². The van der Waals surface area contributed by atoms with E-state index in [1.165, 1.54) is 4.57 Å². The van der Waals surface area contributed by atoms with Crippen LogP contribution in [0.5, 0.6) is 0 Å². The van der Waals surface area contributed by atoms with Crippen LogP contribution in [0.1, 0.15) is 37.9 Å². The molecule has 0 radical (unpaired) electrons. The molecule has 216 valence electrons. The van der Waals surface area contributed by atoms with E-state index in [-0.39, 0.29) is 18.5 Å². The fourth-order valence-corrected chi connectivity index (χ4v) is 6.17. The number of nitrogens with one attached hydrogen (secondary N) is 1. The number of hydrogen-bond donors (Lipinski definition) is 1. The van der Waals surface area contributed by atoms with E-state index in [4.69, 9.17) is 19.4 Å². The van der Waals surface area contributed by atoms with Crippen LogP contribution in [0, 0.1) is 5.92 Å². The molecule has 3 aliphatic rings. The van der Waals surface area contributed by atoms with Crippen LogP contribution in [0.4, 0.5) is 24.9 Å². The third kappa shape index (κ3) is 5.75. The second-order valence-electron chi connectivity index (χ2n) is 10.8. The van der Waals surface area contributed by atoms with E-state index in [9.17, 15) is 13.2 Å². The number of hydrogen-bond acceptors (Lipinski definition) is 8. The van der Waals surface area contributed by atoms with Gasteiger partial charge < -0.3 is 19.7 Å². The van der Waals surface area contributed by atoms with Gasteiger partial charge >= 0.3 is 0 Å².